The summed E-state index contributed by atoms with van der Waals surface area (Å²) in [7, 11) is 1.68. The Morgan fingerprint density at radius 1 is 1.06 bits per heavy atom. The fourth-order valence-corrected chi connectivity index (χ4v) is 1.89. The number of aromatic nitrogens is 1. The van der Waals surface area contributed by atoms with Gasteiger partial charge in [-0.1, -0.05) is 32.0 Å². The Balaban J connectivity index is 2.45. The molecule has 0 unspecified atom stereocenters. The van der Waals surface area contributed by atoms with Gasteiger partial charge in [0.25, 0.3) is 0 Å². The van der Waals surface area contributed by atoms with E-state index in [1.807, 2.05) is 24.4 Å². The van der Waals surface area contributed by atoms with Crippen molar-refractivity contribution in [2.45, 2.75) is 19.8 Å². The summed E-state index contributed by atoms with van der Waals surface area (Å²) in [5.74, 6) is 1.30. The van der Waals surface area contributed by atoms with Gasteiger partial charge in [0, 0.05) is 11.8 Å². The summed E-state index contributed by atoms with van der Waals surface area (Å²) in [6.45, 7) is 4.32. The molecule has 0 saturated carbocycles. The van der Waals surface area contributed by atoms with Crippen LogP contribution in [0, 0.1) is 0 Å². The zero-order chi connectivity index (χ0) is 12.3. The molecule has 1 aromatic heterocycles. The van der Waals surface area contributed by atoms with Crippen molar-refractivity contribution in [1.82, 2.24) is 4.98 Å². The van der Waals surface area contributed by atoms with Gasteiger partial charge in [-0.15, -0.1) is 0 Å². The van der Waals surface area contributed by atoms with Gasteiger partial charge in [-0.25, -0.2) is 0 Å². The van der Waals surface area contributed by atoms with Gasteiger partial charge in [0.05, 0.1) is 12.8 Å². The van der Waals surface area contributed by atoms with Crippen LogP contribution in [0.25, 0.3) is 11.1 Å². The number of benzene rings is 1. The van der Waals surface area contributed by atoms with Crippen LogP contribution in [-0.4, -0.2) is 12.1 Å². The first kappa shape index (κ1) is 11.6. The van der Waals surface area contributed by atoms with E-state index in [1.54, 1.807) is 7.11 Å². The van der Waals surface area contributed by atoms with Gasteiger partial charge >= 0.3 is 0 Å². The van der Waals surface area contributed by atoms with Gasteiger partial charge < -0.3 is 4.74 Å². The van der Waals surface area contributed by atoms with E-state index in [9.17, 15) is 0 Å². The molecule has 2 aromatic rings. The second-order valence-corrected chi connectivity index (χ2v) is 4.32. The number of methoxy groups -OCH3 is 1. The normalized spacial score (nSPS) is 10.6. The lowest BCUT2D eigenvalue weighted by Crippen LogP contribution is -1.95. The Morgan fingerprint density at radius 3 is 2.35 bits per heavy atom. The summed E-state index contributed by atoms with van der Waals surface area (Å²) in [6.07, 6.45) is 1.85. The summed E-state index contributed by atoms with van der Waals surface area (Å²) in [6, 6.07) is 12.2. The lowest BCUT2D eigenvalue weighted by molar-refractivity contribution is 0.415. The van der Waals surface area contributed by atoms with Crippen LogP contribution in [0.4, 0.5) is 0 Å². The molecule has 0 radical (unpaired) electrons. The van der Waals surface area contributed by atoms with Crippen LogP contribution in [0.1, 0.15) is 25.5 Å². The Hall–Kier alpha value is -1.83. The van der Waals surface area contributed by atoms with Crippen LogP contribution >= 0.6 is 0 Å². The molecule has 2 heteroatoms. The maximum atomic E-state index is 5.17. The van der Waals surface area contributed by atoms with Crippen LogP contribution in [0.15, 0.2) is 42.6 Å². The zero-order valence-electron chi connectivity index (χ0n) is 10.5. The van der Waals surface area contributed by atoms with E-state index in [0.29, 0.717) is 5.92 Å². The van der Waals surface area contributed by atoms with Gasteiger partial charge in [-0.3, -0.25) is 4.98 Å². The second kappa shape index (κ2) is 5.00. The third-order valence-corrected chi connectivity index (χ3v) is 2.79. The molecule has 0 N–H and O–H groups in total. The highest BCUT2D eigenvalue weighted by Crippen LogP contribution is 2.28. The predicted molar refractivity (Wildman–Crippen MR) is 70.3 cm³/mol. The zero-order valence-corrected chi connectivity index (χ0v) is 10.5. The number of pyridine rings is 1. The van der Waals surface area contributed by atoms with Gasteiger partial charge in [0.15, 0.2) is 0 Å². The minimum atomic E-state index is 0.424. The van der Waals surface area contributed by atoms with Crippen LogP contribution in [0.3, 0.4) is 0 Å². The molecule has 0 bridgehead atoms. The molecular formula is C15H17NO. The van der Waals surface area contributed by atoms with Crippen molar-refractivity contribution in [2.75, 3.05) is 7.11 Å². The summed E-state index contributed by atoms with van der Waals surface area (Å²) < 4.78 is 5.17. The first-order chi connectivity index (χ1) is 8.22. The van der Waals surface area contributed by atoms with Crippen molar-refractivity contribution in [1.29, 1.82) is 0 Å². The molecule has 2 nitrogen and oxygen atoms in total. The van der Waals surface area contributed by atoms with Crippen LogP contribution in [0.2, 0.25) is 0 Å². The largest absolute Gasteiger partial charge is 0.497 e. The molecule has 0 aliphatic carbocycles. The summed E-state index contributed by atoms with van der Waals surface area (Å²) in [5.41, 5.74) is 3.52. The van der Waals surface area contributed by atoms with E-state index in [2.05, 4.69) is 37.0 Å². The number of hydrogen-bond acceptors (Lipinski definition) is 2. The van der Waals surface area contributed by atoms with Crippen molar-refractivity contribution >= 4 is 0 Å². The minimum absolute atomic E-state index is 0.424. The van der Waals surface area contributed by atoms with E-state index in [4.69, 9.17) is 4.74 Å². The number of hydrogen-bond donors (Lipinski definition) is 0. The topological polar surface area (TPSA) is 22.1 Å². The molecule has 0 aliphatic heterocycles. The Morgan fingerprint density at radius 2 is 1.76 bits per heavy atom. The summed E-state index contributed by atoms with van der Waals surface area (Å²) in [5, 5.41) is 0. The van der Waals surface area contributed by atoms with E-state index >= 15 is 0 Å². The minimum Gasteiger partial charge on any atom is -0.497 e. The van der Waals surface area contributed by atoms with Gasteiger partial charge in [-0.05, 0) is 29.7 Å². The number of rotatable bonds is 3. The van der Waals surface area contributed by atoms with Crippen molar-refractivity contribution in [3.63, 3.8) is 0 Å². The van der Waals surface area contributed by atoms with Crippen LogP contribution in [0.5, 0.6) is 5.75 Å². The van der Waals surface area contributed by atoms with Gasteiger partial charge in [0.2, 0.25) is 0 Å². The molecular weight excluding hydrogens is 210 g/mol. The van der Waals surface area contributed by atoms with E-state index < -0.39 is 0 Å². The van der Waals surface area contributed by atoms with E-state index in [-0.39, 0.29) is 0 Å². The summed E-state index contributed by atoms with van der Waals surface area (Å²) in [4.78, 5) is 4.47. The molecule has 1 aromatic carbocycles. The first-order valence-corrected chi connectivity index (χ1v) is 5.81. The second-order valence-electron chi connectivity index (χ2n) is 4.32. The molecule has 0 spiro atoms. The maximum absolute atomic E-state index is 5.17. The van der Waals surface area contributed by atoms with E-state index in [0.717, 1.165) is 11.4 Å². The predicted octanol–water partition coefficient (Wildman–Crippen LogP) is 3.88. The van der Waals surface area contributed by atoms with Crippen LogP contribution in [-0.2, 0) is 0 Å². The average Bonchev–Trinajstić information content (AvgIpc) is 2.39. The molecule has 1 heterocycles. The highest BCUT2D eigenvalue weighted by molar-refractivity contribution is 5.67. The molecule has 0 fully saturated rings. The fraction of sp³-hybridized carbons (Fsp3) is 0.267. The monoisotopic (exact) mass is 227 g/mol. The van der Waals surface area contributed by atoms with Crippen molar-refractivity contribution in [2.24, 2.45) is 0 Å². The molecule has 17 heavy (non-hydrogen) atoms. The fourth-order valence-electron chi connectivity index (χ4n) is 1.89. The highest BCUT2D eigenvalue weighted by atomic mass is 16.5. The average molecular weight is 227 g/mol. The molecule has 0 atom stereocenters. The number of nitrogens with zero attached hydrogens (tertiary/aromatic N) is 1. The molecule has 0 amide bonds. The third-order valence-electron chi connectivity index (χ3n) is 2.79. The molecule has 0 saturated heterocycles. The first-order valence-electron chi connectivity index (χ1n) is 5.81. The Bertz CT molecular complexity index is 489. The lowest BCUT2D eigenvalue weighted by atomic mass is 9.98. The third kappa shape index (κ3) is 2.47. The van der Waals surface area contributed by atoms with Crippen LogP contribution < -0.4 is 4.74 Å². The smallest absolute Gasteiger partial charge is 0.118 e. The van der Waals surface area contributed by atoms with Crippen molar-refractivity contribution < 1.29 is 4.74 Å². The number of ether oxygens (including phenoxy) is 1. The van der Waals surface area contributed by atoms with Gasteiger partial charge in [0.1, 0.15) is 5.75 Å². The Labute approximate surface area is 102 Å². The highest BCUT2D eigenvalue weighted by Gasteiger charge is 2.09. The Kier molecular flexibility index (Phi) is 3.43. The SMILES string of the molecule is COc1ccc(-c2cccnc2C(C)C)cc1. The molecule has 2 rings (SSSR count). The molecule has 0 aliphatic rings. The van der Waals surface area contributed by atoms with E-state index in [1.165, 1.54) is 11.1 Å². The van der Waals surface area contributed by atoms with Crippen molar-refractivity contribution in [3.05, 3.63) is 48.3 Å². The van der Waals surface area contributed by atoms with Gasteiger partial charge in [-0.2, -0.15) is 0 Å². The lowest BCUT2D eigenvalue weighted by Gasteiger charge is -2.11. The van der Waals surface area contributed by atoms with Crippen molar-refractivity contribution in [3.8, 4) is 16.9 Å². The molecule has 88 valence electrons. The standard InChI is InChI=1S/C15H17NO/c1-11(2)15-14(5-4-10-16-15)12-6-8-13(17-3)9-7-12/h4-11H,1-3H3. The maximum Gasteiger partial charge on any atom is 0.118 e. The quantitative estimate of drug-likeness (QED) is 0.793. The summed E-state index contributed by atoms with van der Waals surface area (Å²) >= 11 is 0.